The molecular weight excluding hydrogens is 1410 g/mol. The van der Waals surface area contributed by atoms with Crippen molar-refractivity contribution in [1.82, 2.24) is 34.3 Å². The Morgan fingerprint density at radius 3 is 1.02 bits per heavy atom. The summed E-state index contributed by atoms with van der Waals surface area (Å²) in [5.41, 5.74) is 6.60. The lowest BCUT2D eigenvalue weighted by molar-refractivity contribution is -0.207. The Hall–Kier alpha value is -1.74. The molecule has 13 aliphatic heterocycles. The number of para-hydroxylation sites is 2. The SMILES string of the molecule is C.C.C.C.C.C.C.C.C.CC(C)(C)N1CC2(CCOC2)C1.CC(C)(C)N1CC2(COC2)C1.CC(C)(C)N1CCC2(CCOC2)C1.CC(C)(C)N1CCC2(CCOCC2)CC1.CC(C)(C)N1CCC2(COC2)C1.CC(C)(C)N1CCOC2CCCC21.CC(C)(C)N1CCOC2CCCCC21.CC(C)(C)N1CCOc2ccccc21. The molecule has 0 amide bonds. The molecular formula is C97H198N8O8. The molecule has 15 aliphatic rings. The molecule has 16 rings (SSSR count). The molecule has 2 saturated carbocycles. The van der Waals surface area contributed by atoms with Crippen molar-refractivity contribution in [3.05, 3.63) is 24.3 Å². The highest BCUT2D eigenvalue weighted by molar-refractivity contribution is 5.61. The Labute approximate surface area is 705 Å². The molecule has 2 aliphatic carbocycles. The minimum absolute atomic E-state index is 0. The smallest absolute Gasteiger partial charge is 0.142 e. The third kappa shape index (κ3) is 30.4. The average molecular weight is 1600 g/mol. The minimum Gasteiger partial charge on any atom is -0.490 e. The second kappa shape index (κ2) is 44.9. The lowest BCUT2D eigenvalue weighted by Crippen LogP contribution is -2.69. The molecule has 5 atom stereocenters. The molecule has 1 aromatic rings. The third-order valence-electron chi connectivity index (χ3n) is 26.6. The number of likely N-dealkylation sites (tertiary alicyclic amines) is 5. The van der Waals surface area contributed by atoms with E-state index in [-0.39, 0.29) is 72.4 Å². The molecule has 0 bridgehead atoms. The van der Waals surface area contributed by atoms with E-state index in [2.05, 4.69) is 218 Å². The van der Waals surface area contributed by atoms with Crippen molar-refractivity contribution < 1.29 is 37.9 Å². The summed E-state index contributed by atoms with van der Waals surface area (Å²) in [4.78, 5) is 20.6. The average Bonchev–Trinajstić information content (AvgIpc) is 0.809. The van der Waals surface area contributed by atoms with Crippen LogP contribution >= 0.6 is 0 Å². The molecule has 0 radical (unpaired) electrons. The van der Waals surface area contributed by atoms with Crippen LogP contribution in [-0.4, -0.2) is 274 Å². The van der Waals surface area contributed by atoms with Crippen molar-refractivity contribution in [1.29, 1.82) is 0 Å². The van der Waals surface area contributed by atoms with Crippen LogP contribution in [0, 0.1) is 27.1 Å². The van der Waals surface area contributed by atoms with Crippen LogP contribution in [0.25, 0.3) is 0 Å². The fourth-order valence-electron chi connectivity index (χ4n) is 19.1. The number of hydrogen-bond donors (Lipinski definition) is 0. The zero-order chi connectivity index (χ0) is 76.1. The van der Waals surface area contributed by atoms with Gasteiger partial charge in [0.2, 0.25) is 0 Å². The second-order valence-electron chi connectivity index (χ2n) is 43.1. The zero-order valence-corrected chi connectivity index (χ0v) is 72.0. The Kier molecular flexibility index (Phi) is 44.2. The predicted molar refractivity (Wildman–Crippen MR) is 492 cm³/mol. The van der Waals surface area contributed by atoms with Gasteiger partial charge in [0, 0.05) is 157 Å². The third-order valence-corrected chi connectivity index (χ3v) is 26.6. The summed E-state index contributed by atoms with van der Waals surface area (Å²) < 4.78 is 44.2. The number of piperidine rings is 1. The quantitative estimate of drug-likeness (QED) is 0.246. The summed E-state index contributed by atoms with van der Waals surface area (Å²) in [6.45, 7) is 83.5. The Morgan fingerprint density at radius 2 is 0.628 bits per heavy atom. The lowest BCUT2D eigenvalue weighted by atomic mass is 9.72. The number of nitrogens with zero attached hydrogens (tertiary/aromatic N) is 8. The fourth-order valence-corrected chi connectivity index (χ4v) is 19.1. The molecule has 1 aromatic carbocycles. The van der Waals surface area contributed by atoms with Crippen LogP contribution in [0.1, 0.15) is 329 Å². The molecule has 14 fully saturated rings. The number of anilines is 1. The van der Waals surface area contributed by atoms with Crippen molar-refractivity contribution >= 4 is 5.69 Å². The van der Waals surface area contributed by atoms with Crippen molar-refractivity contribution in [3.63, 3.8) is 0 Å². The van der Waals surface area contributed by atoms with E-state index >= 15 is 0 Å². The maximum atomic E-state index is 5.87. The van der Waals surface area contributed by atoms with Gasteiger partial charge in [-0.05, 0) is 293 Å². The summed E-state index contributed by atoms with van der Waals surface area (Å²) >= 11 is 0. The van der Waals surface area contributed by atoms with Gasteiger partial charge >= 0.3 is 0 Å². The van der Waals surface area contributed by atoms with Gasteiger partial charge in [-0.2, -0.15) is 0 Å². The molecule has 13 heterocycles. The van der Waals surface area contributed by atoms with Crippen molar-refractivity contribution in [2.24, 2.45) is 27.1 Å². The van der Waals surface area contributed by atoms with Crippen LogP contribution in [0.4, 0.5) is 5.69 Å². The summed E-state index contributed by atoms with van der Waals surface area (Å²) in [6.07, 6.45) is 21.0. The van der Waals surface area contributed by atoms with E-state index in [1.165, 1.54) is 167 Å². The monoisotopic (exact) mass is 1600 g/mol. The molecule has 0 N–H and O–H groups in total. The van der Waals surface area contributed by atoms with Gasteiger partial charge in [-0.25, -0.2) is 0 Å². The summed E-state index contributed by atoms with van der Waals surface area (Å²) in [5.74, 6) is 1.01. The first-order chi connectivity index (χ1) is 48.4. The summed E-state index contributed by atoms with van der Waals surface area (Å²) in [7, 11) is 0. The number of rotatable bonds is 0. The van der Waals surface area contributed by atoms with Crippen LogP contribution in [0.3, 0.4) is 0 Å². The standard InChI is InChI=1S/C13H25NO.C12H23NO.C12H17NO.2C11H21NO.2C10H19NO.C9H17NO.9CH4/c1-12(2,3)14-8-4-13(5-9-14)6-10-15-11-7-13;2*1-12(2,3)13-8-9-14-11-7-5-4-6-10(11)13;1-10(2,3)12-6-4-11(8-12)5-7-13-9-11;1-11(2,3)12-7-8-13-10-6-4-5-9(10)12;1-9(2,3)11-6-10(7-11)4-5-12-8-10;1-9(2,3)11-5-4-10(6-11)7-12-8-10;1-8(2,3)10-4-9(5-10)6-11-7-9;;;;;;;;;/h4-11H2,1-3H3;10-11H,4-9H2,1-3H3;4-7H,8-9H2,1-3H3;4-9H2,1-3H3;9-10H,4-8H2,1-3H3;2*4-8H2,1-3H3;4-7H2,1-3H3;9*1H4. The van der Waals surface area contributed by atoms with Crippen LogP contribution in [0.15, 0.2) is 24.3 Å². The van der Waals surface area contributed by atoms with Gasteiger partial charge in [0.25, 0.3) is 0 Å². The van der Waals surface area contributed by atoms with Crippen molar-refractivity contribution in [2.75, 3.05) is 176 Å². The lowest BCUT2D eigenvalue weighted by Gasteiger charge is -2.59. The maximum absolute atomic E-state index is 5.87. The summed E-state index contributed by atoms with van der Waals surface area (Å²) in [5, 5.41) is 0. The molecule has 674 valence electrons. The van der Waals surface area contributed by atoms with Crippen LogP contribution in [0.5, 0.6) is 5.75 Å². The normalized spacial score (nSPS) is 27.6. The topological polar surface area (TPSA) is 99.8 Å². The predicted octanol–water partition coefficient (Wildman–Crippen LogP) is 21.6. The van der Waals surface area contributed by atoms with Gasteiger partial charge in [0.1, 0.15) is 12.4 Å². The van der Waals surface area contributed by atoms with Crippen molar-refractivity contribution in [2.45, 2.75) is 398 Å². The van der Waals surface area contributed by atoms with Crippen LogP contribution in [-0.2, 0) is 33.2 Å². The van der Waals surface area contributed by atoms with Gasteiger partial charge in [-0.3, -0.25) is 34.3 Å². The van der Waals surface area contributed by atoms with Gasteiger partial charge in [-0.1, -0.05) is 91.8 Å². The molecule has 5 unspecified atom stereocenters. The summed E-state index contributed by atoms with van der Waals surface area (Å²) in [6, 6.07) is 9.63. The van der Waals surface area contributed by atoms with E-state index in [0.717, 1.165) is 111 Å². The highest BCUT2D eigenvalue weighted by Gasteiger charge is 2.53. The van der Waals surface area contributed by atoms with Crippen LogP contribution < -0.4 is 9.64 Å². The van der Waals surface area contributed by atoms with Gasteiger partial charge < -0.3 is 42.8 Å². The van der Waals surface area contributed by atoms with E-state index in [0.29, 0.717) is 90.1 Å². The zero-order valence-electron chi connectivity index (χ0n) is 72.0. The molecule has 5 spiro atoms. The first-order valence-electron chi connectivity index (χ1n) is 42.3. The highest BCUT2D eigenvalue weighted by Crippen LogP contribution is 2.46. The molecule has 113 heavy (non-hydrogen) atoms. The first kappa shape index (κ1) is 111. The molecule has 16 nitrogen and oxygen atoms in total. The second-order valence-corrected chi connectivity index (χ2v) is 43.1. The Balaban J connectivity index is 0.00000126. The van der Waals surface area contributed by atoms with Gasteiger partial charge in [-0.15, -0.1) is 0 Å². The number of hydrogen-bond acceptors (Lipinski definition) is 16. The first-order valence-corrected chi connectivity index (χ1v) is 42.3. The van der Waals surface area contributed by atoms with E-state index in [4.69, 9.17) is 37.9 Å². The fraction of sp³-hybridized carbons (Fsp3) is 0.938. The van der Waals surface area contributed by atoms with E-state index in [9.17, 15) is 0 Å². The Bertz CT molecular complexity index is 2710. The van der Waals surface area contributed by atoms with Gasteiger partial charge in [0.15, 0.2) is 0 Å². The largest absolute Gasteiger partial charge is 0.490 e. The van der Waals surface area contributed by atoms with E-state index in [1.807, 2.05) is 12.1 Å². The van der Waals surface area contributed by atoms with E-state index in [1.54, 1.807) is 0 Å². The maximum Gasteiger partial charge on any atom is 0.142 e. The van der Waals surface area contributed by atoms with Crippen molar-refractivity contribution in [3.8, 4) is 5.75 Å². The number of morpholine rings is 2. The molecule has 16 heteroatoms. The Morgan fingerprint density at radius 1 is 0.283 bits per heavy atom. The molecule has 12 saturated heterocycles. The van der Waals surface area contributed by atoms with Crippen LogP contribution in [0.2, 0.25) is 0 Å². The number of benzene rings is 1. The number of ether oxygens (including phenoxy) is 8. The minimum atomic E-state index is 0. The molecule has 0 aromatic heterocycles. The highest BCUT2D eigenvalue weighted by atomic mass is 16.5. The number of fused-ring (bicyclic) bond motifs is 3. The van der Waals surface area contributed by atoms with E-state index < -0.39 is 0 Å². The van der Waals surface area contributed by atoms with Gasteiger partial charge in [0.05, 0.1) is 77.3 Å².